The normalized spacial score (nSPS) is 52.8. The molecular formula is C30H50O3. The van der Waals surface area contributed by atoms with Gasteiger partial charge in [-0.15, -0.1) is 0 Å². The Balaban J connectivity index is 1.59. The van der Waals surface area contributed by atoms with Gasteiger partial charge in [0.25, 0.3) is 0 Å². The lowest BCUT2D eigenvalue weighted by atomic mass is 9.33. The van der Waals surface area contributed by atoms with Crippen molar-refractivity contribution in [3.8, 4) is 0 Å². The number of allylic oxidation sites excluding steroid dienone is 2. The van der Waals surface area contributed by atoms with Crippen LogP contribution in [0, 0.1) is 50.2 Å². The third-order valence-corrected chi connectivity index (χ3v) is 13.2. The highest BCUT2D eigenvalue weighted by Crippen LogP contribution is 2.75. The van der Waals surface area contributed by atoms with Crippen molar-refractivity contribution >= 4 is 0 Å². The Bertz CT molecular complexity index is 841. The largest absolute Gasteiger partial charge is 0.393 e. The van der Waals surface area contributed by atoms with Crippen LogP contribution in [0.2, 0.25) is 0 Å². The van der Waals surface area contributed by atoms with Crippen molar-refractivity contribution in [1.29, 1.82) is 0 Å². The molecule has 8 atom stereocenters. The molecule has 0 bridgehead atoms. The van der Waals surface area contributed by atoms with Gasteiger partial charge >= 0.3 is 0 Å². The average Bonchev–Trinajstić information content (AvgIpc) is 2.71. The number of rotatable bonds is 1. The van der Waals surface area contributed by atoms with E-state index in [-0.39, 0.29) is 44.5 Å². The molecule has 0 amide bonds. The fourth-order valence-corrected chi connectivity index (χ4v) is 10.7. The monoisotopic (exact) mass is 458 g/mol. The molecule has 3 N–H and O–H groups in total. The van der Waals surface area contributed by atoms with E-state index in [2.05, 4.69) is 54.5 Å². The van der Waals surface area contributed by atoms with Crippen molar-refractivity contribution in [2.45, 2.75) is 125 Å². The molecule has 188 valence electrons. The van der Waals surface area contributed by atoms with E-state index in [0.717, 1.165) is 51.4 Å². The SMILES string of the molecule is CC1(C)CC[C@]2(C(O)O)CC[C@]3(C)C(=CC[C@@H]4[C@@]5(C)CC[C@H](O)C(C)(C)[C@@H]5CC[C@]43C)[C@@H]2C1. The summed E-state index contributed by atoms with van der Waals surface area (Å²) in [6.07, 6.45) is 11.9. The number of fused-ring (bicyclic) bond motifs is 7. The van der Waals surface area contributed by atoms with Crippen LogP contribution in [0.15, 0.2) is 11.6 Å². The molecule has 5 rings (SSSR count). The molecule has 4 saturated carbocycles. The van der Waals surface area contributed by atoms with Gasteiger partial charge in [-0.3, -0.25) is 0 Å². The van der Waals surface area contributed by atoms with Crippen molar-refractivity contribution in [2.75, 3.05) is 0 Å². The Labute approximate surface area is 202 Å². The Morgan fingerprint density at radius 2 is 1.48 bits per heavy atom. The minimum absolute atomic E-state index is 0.0185. The summed E-state index contributed by atoms with van der Waals surface area (Å²) in [7, 11) is 0. The second-order valence-electron chi connectivity index (χ2n) is 15.2. The maximum absolute atomic E-state index is 10.9. The highest BCUT2D eigenvalue weighted by molar-refractivity contribution is 5.34. The van der Waals surface area contributed by atoms with E-state index in [9.17, 15) is 15.3 Å². The van der Waals surface area contributed by atoms with Gasteiger partial charge in [0.1, 0.15) is 0 Å². The Morgan fingerprint density at radius 1 is 0.818 bits per heavy atom. The molecule has 0 aliphatic heterocycles. The van der Waals surface area contributed by atoms with Crippen LogP contribution in [0.25, 0.3) is 0 Å². The van der Waals surface area contributed by atoms with E-state index in [1.54, 1.807) is 5.57 Å². The van der Waals surface area contributed by atoms with Crippen LogP contribution < -0.4 is 0 Å². The first kappa shape index (κ1) is 24.3. The lowest BCUT2D eigenvalue weighted by Crippen LogP contribution is -2.65. The van der Waals surface area contributed by atoms with E-state index in [4.69, 9.17) is 0 Å². The van der Waals surface area contributed by atoms with Crippen LogP contribution in [-0.2, 0) is 0 Å². The molecule has 0 heterocycles. The van der Waals surface area contributed by atoms with Crippen molar-refractivity contribution in [3.63, 3.8) is 0 Å². The van der Waals surface area contributed by atoms with Crippen molar-refractivity contribution in [2.24, 2.45) is 50.2 Å². The van der Waals surface area contributed by atoms with Crippen LogP contribution in [0.4, 0.5) is 0 Å². The smallest absolute Gasteiger partial charge is 0.157 e. The standard InChI is InChI=1S/C30H50O3/c1-25(2)14-16-30(24(32)33)17-15-28(6)19(20(30)18-25)8-9-22-27(5)12-11-23(31)26(3,4)21(27)10-13-29(22,28)7/h8,20-24,31-33H,9-18H2,1-7H3/t20-,21-,22+,23-,27-,28+,29+,30-/m0/s1. The van der Waals surface area contributed by atoms with Gasteiger partial charge in [-0.05, 0) is 109 Å². The Morgan fingerprint density at radius 3 is 2.15 bits per heavy atom. The minimum Gasteiger partial charge on any atom is -0.393 e. The molecule has 0 radical (unpaired) electrons. The van der Waals surface area contributed by atoms with Crippen LogP contribution in [0.5, 0.6) is 0 Å². The lowest BCUT2D eigenvalue weighted by molar-refractivity contribution is -0.225. The maximum Gasteiger partial charge on any atom is 0.157 e. The highest BCUT2D eigenvalue weighted by atomic mass is 16.5. The van der Waals surface area contributed by atoms with Crippen LogP contribution in [0.1, 0.15) is 113 Å². The summed E-state index contributed by atoms with van der Waals surface area (Å²) in [4.78, 5) is 0. The number of hydrogen-bond donors (Lipinski definition) is 3. The molecule has 3 heteroatoms. The highest BCUT2D eigenvalue weighted by Gasteiger charge is 2.68. The predicted octanol–water partition coefficient (Wildman–Crippen LogP) is 6.46. The summed E-state index contributed by atoms with van der Waals surface area (Å²) in [6, 6.07) is 0. The number of hydrogen-bond acceptors (Lipinski definition) is 3. The Kier molecular flexibility index (Phi) is 5.23. The van der Waals surface area contributed by atoms with Gasteiger partial charge in [0.05, 0.1) is 6.10 Å². The van der Waals surface area contributed by atoms with Crippen molar-refractivity contribution in [3.05, 3.63) is 11.6 Å². The minimum atomic E-state index is -1.22. The third kappa shape index (κ3) is 2.97. The zero-order valence-corrected chi connectivity index (χ0v) is 22.4. The predicted molar refractivity (Wildman–Crippen MR) is 133 cm³/mol. The van der Waals surface area contributed by atoms with E-state index in [1.165, 1.54) is 12.8 Å². The molecule has 3 nitrogen and oxygen atoms in total. The Hall–Kier alpha value is -0.380. The summed E-state index contributed by atoms with van der Waals surface area (Å²) in [6.45, 7) is 17.1. The molecule has 5 aliphatic rings. The van der Waals surface area contributed by atoms with E-state index < -0.39 is 6.29 Å². The summed E-state index contributed by atoms with van der Waals surface area (Å²) in [5.74, 6) is 1.49. The summed E-state index contributed by atoms with van der Waals surface area (Å²) < 4.78 is 0. The van der Waals surface area contributed by atoms with E-state index in [0.29, 0.717) is 11.8 Å². The molecule has 0 unspecified atom stereocenters. The quantitative estimate of drug-likeness (QED) is 0.312. The molecule has 0 aromatic rings. The molecular weight excluding hydrogens is 408 g/mol. The van der Waals surface area contributed by atoms with E-state index in [1.807, 2.05) is 0 Å². The molecule has 5 aliphatic carbocycles. The first-order chi connectivity index (χ1) is 15.1. The van der Waals surface area contributed by atoms with Gasteiger partial charge in [-0.1, -0.05) is 60.1 Å². The average molecular weight is 459 g/mol. The fourth-order valence-electron chi connectivity index (χ4n) is 10.7. The number of aliphatic hydroxyl groups excluding tert-OH is 2. The summed E-state index contributed by atoms with van der Waals surface area (Å²) in [5.41, 5.74) is 2.07. The van der Waals surface area contributed by atoms with Gasteiger partial charge in [-0.2, -0.15) is 0 Å². The molecule has 0 aromatic heterocycles. The van der Waals surface area contributed by atoms with Gasteiger partial charge < -0.3 is 15.3 Å². The van der Waals surface area contributed by atoms with E-state index >= 15 is 0 Å². The first-order valence-electron chi connectivity index (χ1n) is 13.9. The molecule has 0 spiro atoms. The van der Waals surface area contributed by atoms with Crippen molar-refractivity contribution < 1.29 is 15.3 Å². The van der Waals surface area contributed by atoms with Gasteiger partial charge in [0, 0.05) is 5.41 Å². The van der Waals surface area contributed by atoms with Crippen molar-refractivity contribution in [1.82, 2.24) is 0 Å². The lowest BCUT2D eigenvalue weighted by Gasteiger charge is -2.71. The molecule has 33 heavy (non-hydrogen) atoms. The van der Waals surface area contributed by atoms with Crippen LogP contribution in [-0.4, -0.2) is 27.7 Å². The molecule has 0 aromatic carbocycles. The molecule has 0 saturated heterocycles. The van der Waals surface area contributed by atoms with Crippen LogP contribution >= 0.6 is 0 Å². The van der Waals surface area contributed by atoms with Crippen LogP contribution in [0.3, 0.4) is 0 Å². The topological polar surface area (TPSA) is 60.7 Å². The maximum atomic E-state index is 10.9. The fraction of sp³-hybridized carbons (Fsp3) is 0.933. The zero-order chi connectivity index (χ0) is 24.2. The molecule has 4 fully saturated rings. The summed E-state index contributed by atoms with van der Waals surface area (Å²) >= 11 is 0. The van der Waals surface area contributed by atoms with Gasteiger partial charge in [-0.25, -0.2) is 0 Å². The second-order valence-corrected chi connectivity index (χ2v) is 15.2. The van der Waals surface area contributed by atoms with Gasteiger partial charge in [0.15, 0.2) is 6.29 Å². The number of aliphatic hydroxyl groups is 3. The first-order valence-corrected chi connectivity index (χ1v) is 13.9. The summed E-state index contributed by atoms with van der Waals surface area (Å²) in [5, 5.41) is 32.3. The zero-order valence-electron chi connectivity index (χ0n) is 22.4. The van der Waals surface area contributed by atoms with Gasteiger partial charge in [0.2, 0.25) is 0 Å². The second kappa shape index (κ2) is 7.10. The third-order valence-electron chi connectivity index (χ3n) is 13.2.